The predicted molar refractivity (Wildman–Crippen MR) is 60.9 cm³/mol. The summed E-state index contributed by atoms with van der Waals surface area (Å²) in [6.07, 6.45) is 9.64. The Balaban J connectivity index is 2.32. The van der Waals surface area contributed by atoms with Crippen LogP contribution in [0.15, 0.2) is 22.9 Å². The molecule has 0 saturated heterocycles. The lowest BCUT2D eigenvalue weighted by atomic mass is 9.78. The molecule has 76 valence electrons. The summed E-state index contributed by atoms with van der Waals surface area (Å²) in [5, 5.41) is 0. The number of nitrogens with two attached hydrogens (primary N) is 1. The number of hydrogen-bond donors (Lipinski definition) is 1. The first-order valence-corrected chi connectivity index (χ1v) is 5.90. The van der Waals surface area contributed by atoms with Crippen LogP contribution in [-0.2, 0) is 5.54 Å². The molecular formula is C11H15BrN2. The highest BCUT2D eigenvalue weighted by Crippen LogP contribution is 2.37. The predicted octanol–water partition coefficient (Wildman–Crippen LogP) is 2.96. The minimum atomic E-state index is -0.125. The van der Waals surface area contributed by atoms with Crippen LogP contribution in [0.25, 0.3) is 0 Å². The molecule has 0 atom stereocenters. The lowest BCUT2D eigenvalue weighted by Crippen LogP contribution is -2.38. The van der Waals surface area contributed by atoms with Crippen LogP contribution in [0, 0.1) is 0 Å². The van der Waals surface area contributed by atoms with Gasteiger partial charge in [-0.15, -0.1) is 0 Å². The zero-order valence-electron chi connectivity index (χ0n) is 8.17. The fraction of sp³-hybridized carbons (Fsp3) is 0.545. The Labute approximate surface area is 93.0 Å². The van der Waals surface area contributed by atoms with Crippen molar-refractivity contribution in [3.8, 4) is 0 Å². The fourth-order valence-corrected chi connectivity index (χ4v) is 2.88. The molecule has 1 heterocycles. The summed E-state index contributed by atoms with van der Waals surface area (Å²) >= 11 is 3.52. The van der Waals surface area contributed by atoms with Crippen molar-refractivity contribution in [2.45, 2.75) is 37.6 Å². The highest BCUT2D eigenvalue weighted by molar-refractivity contribution is 9.10. The van der Waals surface area contributed by atoms with E-state index >= 15 is 0 Å². The first-order chi connectivity index (χ1) is 6.72. The topological polar surface area (TPSA) is 38.9 Å². The van der Waals surface area contributed by atoms with Gasteiger partial charge < -0.3 is 5.73 Å². The molecule has 1 aromatic heterocycles. The number of rotatable bonds is 1. The van der Waals surface area contributed by atoms with E-state index in [1.807, 2.05) is 18.5 Å². The molecule has 0 aromatic carbocycles. The van der Waals surface area contributed by atoms with Gasteiger partial charge in [-0.1, -0.05) is 19.3 Å². The molecule has 0 unspecified atom stereocenters. The molecule has 1 aromatic rings. The highest BCUT2D eigenvalue weighted by Gasteiger charge is 2.30. The van der Waals surface area contributed by atoms with Gasteiger partial charge in [0.15, 0.2) is 0 Å². The third kappa shape index (κ3) is 1.84. The maximum Gasteiger partial charge on any atom is 0.0422 e. The molecule has 0 bridgehead atoms. The second-order valence-electron chi connectivity index (χ2n) is 4.07. The molecule has 1 aliphatic rings. The van der Waals surface area contributed by atoms with Gasteiger partial charge in [0.2, 0.25) is 0 Å². The van der Waals surface area contributed by atoms with Crippen LogP contribution >= 0.6 is 15.9 Å². The zero-order chi connectivity index (χ0) is 10.0. The summed E-state index contributed by atoms with van der Waals surface area (Å²) < 4.78 is 1.05. The molecule has 0 spiro atoms. The zero-order valence-corrected chi connectivity index (χ0v) is 9.76. The van der Waals surface area contributed by atoms with Crippen molar-refractivity contribution in [2.75, 3.05) is 0 Å². The summed E-state index contributed by atoms with van der Waals surface area (Å²) in [5.41, 5.74) is 7.51. The highest BCUT2D eigenvalue weighted by atomic mass is 79.9. The van der Waals surface area contributed by atoms with Crippen molar-refractivity contribution in [1.82, 2.24) is 4.98 Å². The lowest BCUT2D eigenvalue weighted by Gasteiger charge is -2.34. The standard InChI is InChI=1S/C11H15BrN2/c12-10-8-14-7-4-9(10)11(13)5-2-1-3-6-11/h4,7-8H,1-3,5-6,13H2. The minimum absolute atomic E-state index is 0.125. The lowest BCUT2D eigenvalue weighted by molar-refractivity contribution is 0.301. The van der Waals surface area contributed by atoms with E-state index in [1.165, 1.54) is 24.8 Å². The molecule has 2 rings (SSSR count). The SMILES string of the molecule is NC1(c2ccncc2Br)CCCCC1. The van der Waals surface area contributed by atoms with Gasteiger partial charge in [-0.25, -0.2) is 0 Å². The number of hydrogen-bond acceptors (Lipinski definition) is 2. The van der Waals surface area contributed by atoms with E-state index in [0.29, 0.717) is 0 Å². The summed E-state index contributed by atoms with van der Waals surface area (Å²) in [4.78, 5) is 4.07. The maximum absolute atomic E-state index is 6.42. The molecule has 1 saturated carbocycles. The van der Waals surface area contributed by atoms with E-state index in [0.717, 1.165) is 17.3 Å². The van der Waals surface area contributed by atoms with Crippen LogP contribution in [0.5, 0.6) is 0 Å². The summed E-state index contributed by atoms with van der Waals surface area (Å²) in [7, 11) is 0. The van der Waals surface area contributed by atoms with Crippen LogP contribution in [0.3, 0.4) is 0 Å². The molecule has 2 N–H and O–H groups in total. The van der Waals surface area contributed by atoms with Crippen molar-refractivity contribution in [2.24, 2.45) is 5.73 Å². The quantitative estimate of drug-likeness (QED) is 0.837. The van der Waals surface area contributed by atoms with E-state index in [4.69, 9.17) is 5.73 Å². The second kappa shape index (κ2) is 3.99. The van der Waals surface area contributed by atoms with E-state index in [1.54, 1.807) is 0 Å². The molecule has 0 amide bonds. The summed E-state index contributed by atoms with van der Waals surface area (Å²) in [6.45, 7) is 0. The maximum atomic E-state index is 6.42. The van der Waals surface area contributed by atoms with Gasteiger partial charge >= 0.3 is 0 Å². The van der Waals surface area contributed by atoms with Gasteiger partial charge in [0, 0.05) is 22.4 Å². The van der Waals surface area contributed by atoms with Crippen LogP contribution in [0.1, 0.15) is 37.7 Å². The van der Waals surface area contributed by atoms with Crippen molar-refractivity contribution in [1.29, 1.82) is 0 Å². The molecule has 3 heteroatoms. The van der Waals surface area contributed by atoms with Gasteiger partial charge in [-0.2, -0.15) is 0 Å². The van der Waals surface area contributed by atoms with Crippen LogP contribution in [-0.4, -0.2) is 4.98 Å². The van der Waals surface area contributed by atoms with E-state index in [-0.39, 0.29) is 5.54 Å². The molecule has 14 heavy (non-hydrogen) atoms. The second-order valence-corrected chi connectivity index (χ2v) is 4.93. The average molecular weight is 255 g/mol. The summed E-state index contributed by atoms with van der Waals surface area (Å²) in [5.74, 6) is 0. The van der Waals surface area contributed by atoms with Crippen LogP contribution in [0.4, 0.5) is 0 Å². The molecular weight excluding hydrogens is 240 g/mol. The van der Waals surface area contributed by atoms with E-state index in [9.17, 15) is 0 Å². The number of nitrogens with zero attached hydrogens (tertiary/aromatic N) is 1. The third-order valence-corrected chi connectivity index (χ3v) is 3.69. The Morgan fingerprint density at radius 3 is 2.64 bits per heavy atom. The van der Waals surface area contributed by atoms with E-state index < -0.39 is 0 Å². The first-order valence-electron chi connectivity index (χ1n) is 5.11. The number of pyridine rings is 1. The van der Waals surface area contributed by atoms with Gasteiger partial charge in [0.25, 0.3) is 0 Å². The van der Waals surface area contributed by atoms with Gasteiger partial charge in [0.05, 0.1) is 0 Å². The Morgan fingerprint density at radius 1 is 1.29 bits per heavy atom. The monoisotopic (exact) mass is 254 g/mol. The minimum Gasteiger partial charge on any atom is -0.321 e. The third-order valence-electron chi connectivity index (χ3n) is 3.05. The smallest absolute Gasteiger partial charge is 0.0422 e. The Bertz CT molecular complexity index is 319. The van der Waals surface area contributed by atoms with E-state index in [2.05, 4.69) is 20.9 Å². The fourth-order valence-electron chi connectivity index (χ4n) is 2.23. The summed E-state index contributed by atoms with van der Waals surface area (Å²) in [6, 6.07) is 2.04. The van der Waals surface area contributed by atoms with Crippen LogP contribution < -0.4 is 5.73 Å². The molecule has 1 fully saturated rings. The van der Waals surface area contributed by atoms with Gasteiger partial charge in [0.1, 0.15) is 0 Å². The van der Waals surface area contributed by atoms with Crippen molar-refractivity contribution < 1.29 is 0 Å². The normalized spacial score (nSPS) is 20.7. The number of aromatic nitrogens is 1. The van der Waals surface area contributed by atoms with Crippen molar-refractivity contribution in [3.05, 3.63) is 28.5 Å². The molecule has 2 nitrogen and oxygen atoms in total. The number of halogens is 1. The van der Waals surface area contributed by atoms with Gasteiger partial charge in [-0.3, -0.25) is 4.98 Å². The Morgan fingerprint density at radius 2 is 2.00 bits per heavy atom. The van der Waals surface area contributed by atoms with Crippen LogP contribution in [0.2, 0.25) is 0 Å². The van der Waals surface area contributed by atoms with Crippen molar-refractivity contribution in [3.63, 3.8) is 0 Å². The Hall–Kier alpha value is -0.410. The molecule has 1 aliphatic carbocycles. The van der Waals surface area contributed by atoms with Crippen molar-refractivity contribution >= 4 is 15.9 Å². The first kappa shape index (κ1) is 10.1. The largest absolute Gasteiger partial charge is 0.321 e. The average Bonchev–Trinajstić information content (AvgIpc) is 2.19. The molecule has 0 aliphatic heterocycles. The Kier molecular flexibility index (Phi) is 2.88. The molecule has 0 radical (unpaired) electrons. The van der Waals surface area contributed by atoms with Gasteiger partial charge in [-0.05, 0) is 40.4 Å².